The number of aliphatic hydroxyl groups excluding tert-OH is 1. The van der Waals surface area contributed by atoms with Crippen molar-refractivity contribution in [3.8, 4) is 0 Å². The van der Waals surface area contributed by atoms with Gasteiger partial charge in [-0.1, -0.05) is 24.6 Å². The van der Waals surface area contributed by atoms with Gasteiger partial charge in [-0.15, -0.1) is 0 Å². The number of aliphatic hydroxyl groups is 1. The molecule has 0 aliphatic heterocycles. The minimum atomic E-state index is -1.21. The molecule has 0 saturated carbocycles. The van der Waals surface area contributed by atoms with Crippen LogP contribution in [0.15, 0.2) is 24.3 Å². The fraction of sp³-hybridized carbons (Fsp3) is 0.462. The zero-order valence-corrected chi connectivity index (χ0v) is 12.0. The maximum Gasteiger partial charge on any atom is 0.268 e. The lowest BCUT2D eigenvalue weighted by molar-refractivity contribution is -0.129. The van der Waals surface area contributed by atoms with E-state index in [-0.39, 0.29) is 0 Å². The molecule has 0 heterocycles. The van der Waals surface area contributed by atoms with Crippen LogP contribution in [0.5, 0.6) is 0 Å². The Hall–Kier alpha value is -1.24. The first-order valence-corrected chi connectivity index (χ1v) is 7.34. The molecule has 0 radical (unpaired) electrons. The Labute approximate surface area is 117 Å². The summed E-state index contributed by atoms with van der Waals surface area (Å²) in [7, 11) is 0. The van der Waals surface area contributed by atoms with Gasteiger partial charge in [-0.05, 0) is 24.8 Å². The van der Waals surface area contributed by atoms with Crippen molar-refractivity contribution in [3.05, 3.63) is 29.8 Å². The fourth-order valence-corrected chi connectivity index (χ4v) is 2.07. The number of hydrazine groups is 1. The first-order chi connectivity index (χ1) is 9.04. The molecule has 1 rings (SSSR count). The Balaban J connectivity index is 2.39. The third-order valence-electron chi connectivity index (χ3n) is 2.57. The molecule has 0 aliphatic carbocycles. The van der Waals surface area contributed by atoms with Gasteiger partial charge in [-0.2, -0.15) is 11.8 Å². The number of hydrogen-bond donors (Lipinski definition) is 4. The van der Waals surface area contributed by atoms with Crippen molar-refractivity contribution in [2.45, 2.75) is 26.0 Å². The molecule has 1 aromatic rings. The van der Waals surface area contributed by atoms with E-state index in [0.717, 1.165) is 17.0 Å². The van der Waals surface area contributed by atoms with Crippen LogP contribution in [-0.4, -0.2) is 34.7 Å². The topological polar surface area (TPSA) is 87.4 Å². The van der Waals surface area contributed by atoms with Crippen molar-refractivity contribution in [1.29, 1.82) is 0 Å². The van der Waals surface area contributed by atoms with E-state index in [1.165, 1.54) is 0 Å². The molecule has 0 saturated heterocycles. The number of nitrogens with two attached hydrogens (primary N) is 1. The minimum absolute atomic E-state index is 0.523. The van der Waals surface area contributed by atoms with Crippen molar-refractivity contribution in [2.75, 3.05) is 16.9 Å². The summed E-state index contributed by atoms with van der Waals surface area (Å²) in [4.78, 5) is 11.7. The predicted molar refractivity (Wildman–Crippen MR) is 79.9 cm³/mol. The summed E-state index contributed by atoms with van der Waals surface area (Å²) in [5.41, 5.74) is 12.8. The second-order valence-electron chi connectivity index (χ2n) is 4.25. The van der Waals surface area contributed by atoms with E-state index in [1.807, 2.05) is 38.1 Å². The summed E-state index contributed by atoms with van der Waals surface area (Å²) >= 11 is 1.59. The van der Waals surface area contributed by atoms with Crippen LogP contribution in [0.25, 0.3) is 0 Å². The monoisotopic (exact) mass is 283 g/mol. The van der Waals surface area contributed by atoms with Crippen molar-refractivity contribution in [3.63, 3.8) is 0 Å². The molecule has 1 amide bonds. The second-order valence-corrected chi connectivity index (χ2v) is 5.57. The van der Waals surface area contributed by atoms with Crippen molar-refractivity contribution in [2.24, 2.45) is 5.73 Å². The predicted octanol–water partition coefficient (Wildman–Crippen LogP) is 0.879. The first kappa shape index (κ1) is 15.8. The van der Waals surface area contributed by atoms with E-state index in [2.05, 4.69) is 10.9 Å². The molecule has 5 nitrogen and oxygen atoms in total. The van der Waals surface area contributed by atoms with Crippen molar-refractivity contribution in [1.82, 2.24) is 5.43 Å². The largest absolute Gasteiger partial charge is 0.382 e. The molecular formula is C13H21N3O2S. The highest BCUT2D eigenvalue weighted by Gasteiger charge is 2.22. The number of benzene rings is 1. The highest BCUT2D eigenvalue weighted by atomic mass is 32.2. The summed E-state index contributed by atoms with van der Waals surface area (Å²) in [6.45, 7) is 3.99. The standard InChI is InChI=1S/C13H21N3O2S/c1-3-19-8-11(14)12(17)13(18)16-15-10-6-4-9(2)5-7-10/h4-7,11-12,15,17H,3,8,14H2,1-2H3,(H,16,18)/t11-,12?/m1/s1. The van der Waals surface area contributed by atoms with Crippen LogP contribution < -0.4 is 16.6 Å². The Bertz CT molecular complexity index is 397. The number of carbonyl (C=O) groups is 1. The molecule has 0 spiro atoms. The number of rotatable bonds is 7. The summed E-state index contributed by atoms with van der Waals surface area (Å²) in [5.74, 6) is 0.934. The number of amides is 1. The first-order valence-electron chi connectivity index (χ1n) is 6.18. The maximum atomic E-state index is 11.7. The zero-order valence-electron chi connectivity index (χ0n) is 11.2. The highest BCUT2D eigenvalue weighted by molar-refractivity contribution is 7.99. The Kier molecular flexibility index (Phi) is 6.69. The number of nitrogens with one attached hydrogen (secondary N) is 2. The van der Waals surface area contributed by atoms with Gasteiger partial charge < -0.3 is 10.8 Å². The minimum Gasteiger partial charge on any atom is -0.382 e. The lowest BCUT2D eigenvalue weighted by atomic mass is 10.2. The van der Waals surface area contributed by atoms with Crippen LogP contribution >= 0.6 is 11.8 Å². The Morgan fingerprint density at radius 1 is 1.42 bits per heavy atom. The average molecular weight is 283 g/mol. The smallest absolute Gasteiger partial charge is 0.268 e. The number of aryl methyl sites for hydroxylation is 1. The molecule has 0 aromatic heterocycles. The van der Waals surface area contributed by atoms with E-state index in [4.69, 9.17) is 5.73 Å². The average Bonchev–Trinajstić information content (AvgIpc) is 2.42. The van der Waals surface area contributed by atoms with Crippen LogP contribution in [-0.2, 0) is 4.79 Å². The molecule has 1 unspecified atom stereocenters. The van der Waals surface area contributed by atoms with Gasteiger partial charge in [0.25, 0.3) is 5.91 Å². The summed E-state index contributed by atoms with van der Waals surface area (Å²) in [6.07, 6.45) is -1.21. The lowest BCUT2D eigenvalue weighted by Crippen LogP contribution is -2.49. The molecule has 0 fully saturated rings. The summed E-state index contributed by atoms with van der Waals surface area (Å²) in [6, 6.07) is 6.97. The van der Waals surface area contributed by atoms with Gasteiger partial charge in [-0.3, -0.25) is 15.6 Å². The van der Waals surface area contributed by atoms with Crippen LogP contribution in [0.2, 0.25) is 0 Å². The lowest BCUT2D eigenvalue weighted by Gasteiger charge is -2.18. The van der Waals surface area contributed by atoms with Crippen molar-refractivity contribution < 1.29 is 9.90 Å². The van der Waals surface area contributed by atoms with Gasteiger partial charge in [0.15, 0.2) is 0 Å². The maximum absolute atomic E-state index is 11.7. The molecule has 6 heteroatoms. The molecule has 5 N–H and O–H groups in total. The van der Waals surface area contributed by atoms with E-state index >= 15 is 0 Å². The van der Waals surface area contributed by atoms with Crippen molar-refractivity contribution >= 4 is 23.4 Å². The van der Waals surface area contributed by atoms with Gasteiger partial charge in [0.1, 0.15) is 6.10 Å². The van der Waals surface area contributed by atoms with Crippen LogP contribution in [0.4, 0.5) is 5.69 Å². The van der Waals surface area contributed by atoms with Crippen LogP contribution in [0.1, 0.15) is 12.5 Å². The summed E-state index contributed by atoms with van der Waals surface area (Å²) in [5, 5.41) is 9.74. The normalized spacial score (nSPS) is 13.7. The zero-order chi connectivity index (χ0) is 14.3. The Morgan fingerprint density at radius 2 is 2.05 bits per heavy atom. The van der Waals surface area contributed by atoms with E-state index < -0.39 is 18.1 Å². The summed E-state index contributed by atoms with van der Waals surface area (Å²) < 4.78 is 0. The van der Waals surface area contributed by atoms with E-state index in [0.29, 0.717) is 5.75 Å². The number of carbonyl (C=O) groups excluding carboxylic acids is 1. The number of anilines is 1. The third-order valence-corrected chi connectivity index (χ3v) is 3.60. The quantitative estimate of drug-likeness (QED) is 0.558. The van der Waals surface area contributed by atoms with E-state index in [9.17, 15) is 9.90 Å². The molecule has 0 aliphatic rings. The molecule has 1 aromatic carbocycles. The van der Waals surface area contributed by atoms with Gasteiger partial charge in [-0.25, -0.2) is 0 Å². The van der Waals surface area contributed by atoms with Gasteiger partial charge >= 0.3 is 0 Å². The molecule has 19 heavy (non-hydrogen) atoms. The van der Waals surface area contributed by atoms with Crippen LogP contribution in [0, 0.1) is 6.92 Å². The molecule has 106 valence electrons. The van der Waals surface area contributed by atoms with Gasteiger partial charge in [0.2, 0.25) is 0 Å². The Morgan fingerprint density at radius 3 is 2.63 bits per heavy atom. The molecule has 2 atom stereocenters. The van der Waals surface area contributed by atoms with E-state index in [1.54, 1.807) is 11.8 Å². The highest BCUT2D eigenvalue weighted by Crippen LogP contribution is 2.07. The SMILES string of the molecule is CCSC[C@@H](N)C(O)C(=O)NNc1ccc(C)cc1. The van der Waals surface area contributed by atoms with Gasteiger partial charge in [0, 0.05) is 11.8 Å². The fourth-order valence-electron chi connectivity index (χ4n) is 1.38. The van der Waals surface area contributed by atoms with Crippen LogP contribution in [0.3, 0.4) is 0 Å². The second kappa shape index (κ2) is 8.04. The molecule has 0 bridgehead atoms. The third kappa shape index (κ3) is 5.50. The number of thioether (sulfide) groups is 1. The number of hydrogen-bond acceptors (Lipinski definition) is 5. The van der Waals surface area contributed by atoms with Gasteiger partial charge in [0.05, 0.1) is 5.69 Å². The molecular weight excluding hydrogens is 262 g/mol.